The third kappa shape index (κ3) is 20.6. The van der Waals surface area contributed by atoms with E-state index < -0.39 is 18.4 Å². The molecule has 2 N–H and O–H groups in total. The molecule has 86 valence electrons. The normalized spacial score (nSPS) is 10.5. The molecule has 0 spiro atoms. The Bertz CT molecular complexity index is 172. The molecule has 16 heavy (non-hydrogen) atoms. The Labute approximate surface area is 149 Å². The molecule has 0 radical (unpaired) electrons. The molecule has 1 unspecified atom stereocenters. The first-order valence-electron chi connectivity index (χ1n) is 5.41. The van der Waals surface area contributed by atoms with Crippen LogP contribution in [0.2, 0.25) is 5.09 Å². The van der Waals surface area contributed by atoms with Crippen LogP contribution in [0.15, 0.2) is 0 Å². The van der Waals surface area contributed by atoms with E-state index in [0.29, 0.717) is 0 Å². The van der Waals surface area contributed by atoms with Crippen molar-refractivity contribution in [1.82, 2.24) is 0 Å². The topological polar surface area (TPSA) is 74.6 Å². The molecular weight excluding hydrogens is 230 g/mol. The van der Waals surface area contributed by atoms with Crippen molar-refractivity contribution in [3.8, 4) is 0 Å². The Kier molecular flexibility index (Phi) is 22.6. The third-order valence-electron chi connectivity index (χ3n) is 2.15. The van der Waals surface area contributed by atoms with Crippen molar-refractivity contribution in [2.45, 2.75) is 44.6 Å². The summed E-state index contributed by atoms with van der Waals surface area (Å²) in [6.45, 7) is 4.54. The fourth-order valence-corrected chi connectivity index (χ4v) is 1.23. The van der Waals surface area contributed by atoms with Crippen LogP contribution in [0.1, 0.15) is 39.5 Å². The maximum absolute atomic E-state index is 9.43. The number of aliphatic carboxylic acids is 2. The summed E-state index contributed by atoms with van der Waals surface area (Å²) >= 11 is 2.28. The van der Waals surface area contributed by atoms with Crippen molar-refractivity contribution in [3.63, 3.8) is 0 Å². The van der Waals surface area contributed by atoms with E-state index in [1.165, 1.54) is 24.4 Å². The monoisotopic (exact) mass is 250 g/mol. The Morgan fingerprint density at radius 1 is 1.19 bits per heavy atom. The van der Waals surface area contributed by atoms with Crippen molar-refractivity contribution in [3.05, 3.63) is 0 Å². The molecule has 1 atom stereocenters. The average Bonchev–Trinajstić information content (AvgIpc) is 2.13. The first-order valence-corrected chi connectivity index (χ1v) is 5.41. The predicted molar refractivity (Wildman–Crippen MR) is 66.3 cm³/mol. The minimum atomic E-state index is -1.31. The fourth-order valence-electron chi connectivity index (χ4n) is 1.23. The van der Waals surface area contributed by atoms with Crippen LogP contribution in [0, 0.1) is 5.92 Å². The molecule has 0 bridgehead atoms. The van der Waals surface area contributed by atoms with Gasteiger partial charge in [-0.1, -0.05) is 0 Å². The van der Waals surface area contributed by atoms with E-state index in [0.717, 1.165) is 5.92 Å². The van der Waals surface area contributed by atoms with Gasteiger partial charge in [-0.05, 0) is 0 Å². The van der Waals surface area contributed by atoms with Gasteiger partial charge in [0.15, 0.2) is 0 Å². The molecule has 0 heterocycles. The van der Waals surface area contributed by atoms with Gasteiger partial charge in [-0.25, -0.2) is 0 Å². The van der Waals surface area contributed by atoms with Gasteiger partial charge >= 0.3 is 125 Å². The van der Waals surface area contributed by atoms with Crippen molar-refractivity contribution < 1.29 is 19.8 Å². The van der Waals surface area contributed by atoms with Crippen LogP contribution in [-0.4, -0.2) is 91.3 Å². The molecule has 0 saturated heterocycles. The molecule has 0 rings (SSSR count). The number of carbonyl (C=O) groups is 2. The summed E-state index contributed by atoms with van der Waals surface area (Å²) in [5.74, 6) is -1.63. The molecular formula is C10H20KLiO4. The van der Waals surface area contributed by atoms with Crippen LogP contribution in [0.3, 0.4) is 0 Å². The van der Waals surface area contributed by atoms with Gasteiger partial charge in [0.25, 0.3) is 0 Å². The zero-order valence-corrected chi connectivity index (χ0v) is 9.82. The molecule has 6 heteroatoms. The van der Waals surface area contributed by atoms with Crippen molar-refractivity contribution in [2.24, 2.45) is 5.92 Å². The molecule has 0 aromatic rings. The van der Waals surface area contributed by atoms with E-state index >= 15 is 0 Å². The van der Waals surface area contributed by atoms with Gasteiger partial charge in [0.2, 0.25) is 0 Å². The Morgan fingerprint density at radius 2 is 1.62 bits per heavy atom. The number of hydrogen-bond acceptors (Lipinski definition) is 2. The number of carboxylic acid groups (broad SMARTS) is 2. The Morgan fingerprint density at radius 3 is 1.69 bits per heavy atom. The first-order chi connectivity index (χ1) is 6.97. The van der Waals surface area contributed by atoms with E-state index in [9.17, 15) is 9.59 Å². The van der Waals surface area contributed by atoms with Gasteiger partial charge in [0.05, 0.1) is 0 Å². The van der Waals surface area contributed by atoms with E-state index in [-0.39, 0.29) is 51.4 Å². The zero-order valence-electron chi connectivity index (χ0n) is 9.82. The summed E-state index contributed by atoms with van der Waals surface area (Å²) in [7, 11) is 0. The second-order valence-electron chi connectivity index (χ2n) is 3.44. The second kappa shape index (κ2) is 16.2. The molecule has 0 aliphatic rings. The van der Waals surface area contributed by atoms with Gasteiger partial charge in [0.1, 0.15) is 6.42 Å². The summed E-state index contributed by atoms with van der Waals surface area (Å²) in [5, 5.41) is 16.8. The van der Waals surface area contributed by atoms with Gasteiger partial charge < -0.3 is 10.2 Å². The van der Waals surface area contributed by atoms with Gasteiger partial charge in [0, 0.05) is 0 Å². The number of carboxylic acids is 2. The molecule has 0 fully saturated rings. The molecule has 0 aromatic heterocycles. The second-order valence-corrected chi connectivity index (χ2v) is 3.44. The Balaban J connectivity index is -0.000000200. The Hall–Kier alpha value is 1.17. The summed E-state index contributed by atoms with van der Waals surface area (Å²) in [4.78, 5) is 18.9. The number of rotatable bonds is 6. The molecule has 0 aromatic carbocycles. The van der Waals surface area contributed by atoms with Crippen LogP contribution in [0.5, 0.6) is 0 Å². The van der Waals surface area contributed by atoms with E-state index in [1.807, 2.05) is 0 Å². The van der Waals surface area contributed by atoms with Crippen LogP contribution >= 0.6 is 0 Å². The summed E-state index contributed by atoms with van der Waals surface area (Å²) in [6, 6.07) is 0. The number of hydrogen-bond donors (Lipinski definition) is 2. The summed E-state index contributed by atoms with van der Waals surface area (Å²) in [5.41, 5.74) is 0. The molecule has 4 nitrogen and oxygen atoms in total. The molecule has 0 saturated carbocycles. The molecule has 0 aliphatic carbocycles. The van der Waals surface area contributed by atoms with Crippen LogP contribution in [0.4, 0.5) is 0 Å². The quantitative estimate of drug-likeness (QED) is 0.550. The zero-order chi connectivity index (χ0) is 12.3. The van der Waals surface area contributed by atoms with Gasteiger partial charge in [-0.15, -0.1) is 0 Å². The van der Waals surface area contributed by atoms with E-state index in [2.05, 4.69) is 31.6 Å². The maximum atomic E-state index is 9.43. The molecule has 0 amide bonds. The van der Waals surface area contributed by atoms with Gasteiger partial charge in [-0.2, -0.15) is 0 Å². The predicted octanol–water partition coefficient (Wildman–Crippen LogP) is 1.30. The van der Waals surface area contributed by atoms with Gasteiger partial charge in [-0.3, -0.25) is 9.59 Å². The standard InChI is InChI=1S/C7H15.C3H4O4.K.Li.H/c1-4-6-7(3)5-2;4-2(5)1-3(6)7;;;/h7H,3-6H2,1-2H3;1H2,(H,4,5)(H,6,7);;;. The van der Waals surface area contributed by atoms with Crippen molar-refractivity contribution in [1.29, 1.82) is 0 Å². The van der Waals surface area contributed by atoms with E-state index in [1.54, 1.807) is 0 Å². The molecule has 0 aliphatic heterocycles. The first kappa shape index (κ1) is 22.4. The van der Waals surface area contributed by atoms with Crippen LogP contribution in [0.25, 0.3) is 0 Å². The van der Waals surface area contributed by atoms with Crippen LogP contribution in [-0.2, 0) is 9.59 Å². The van der Waals surface area contributed by atoms with Crippen molar-refractivity contribution in [2.75, 3.05) is 0 Å². The summed E-state index contributed by atoms with van der Waals surface area (Å²) < 4.78 is 0. The van der Waals surface area contributed by atoms with E-state index in [4.69, 9.17) is 10.2 Å². The van der Waals surface area contributed by atoms with Crippen molar-refractivity contribution >= 4 is 81.0 Å². The average molecular weight is 250 g/mol. The fraction of sp³-hybridized carbons (Fsp3) is 0.800. The third-order valence-corrected chi connectivity index (χ3v) is 2.15. The summed E-state index contributed by atoms with van der Waals surface area (Å²) in [6.07, 6.45) is 3.34. The SMILES string of the molecule is O=C(O)CC(=O)O.[KH].[Li][CH2]C(CC)CCC. The minimum absolute atomic E-state index is 0. The van der Waals surface area contributed by atoms with Crippen LogP contribution < -0.4 is 0 Å².